The van der Waals surface area contributed by atoms with E-state index in [4.69, 9.17) is 0 Å². The van der Waals surface area contributed by atoms with Gasteiger partial charge in [-0.15, -0.1) is 0 Å². The standard InChI is InChI=1S/C2H6Br2OS/c1-6(2,3,4)5/h1-2H3. The van der Waals surface area contributed by atoms with E-state index < -0.39 is 5.93 Å². The molecule has 6 heavy (non-hydrogen) atoms. The molecular weight excluding hydrogens is 232 g/mol. The monoisotopic (exact) mass is 236 g/mol. The van der Waals surface area contributed by atoms with Crippen molar-refractivity contribution in [1.29, 1.82) is 0 Å². The first-order valence-corrected chi connectivity index (χ1v) is 7.76. The first-order chi connectivity index (χ1) is 2.24. The Bertz CT molecular complexity index is 89.2. The molecule has 0 aliphatic rings. The van der Waals surface area contributed by atoms with Crippen LogP contribution in [-0.4, -0.2) is 16.7 Å². The summed E-state index contributed by atoms with van der Waals surface area (Å²) in [6.07, 6.45) is 3.19. The largest absolute Gasteiger partial charge is 0.262 e. The fourth-order valence-electron chi connectivity index (χ4n) is 0. The van der Waals surface area contributed by atoms with Gasteiger partial charge in [0.2, 0.25) is 0 Å². The molecule has 0 aliphatic heterocycles. The summed E-state index contributed by atoms with van der Waals surface area (Å²) >= 11 is 5.90. The Hall–Kier alpha value is 1.11. The number of hydrogen-bond acceptors (Lipinski definition) is 1. The van der Waals surface area contributed by atoms with Crippen molar-refractivity contribution >= 4 is 35.6 Å². The zero-order valence-corrected chi connectivity index (χ0v) is 7.56. The lowest BCUT2D eigenvalue weighted by atomic mass is 11.9. The molecule has 0 rings (SSSR count). The lowest BCUT2D eigenvalue weighted by Crippen LogP contribution is -2.06. The van der Waals surface area contributed by atoms with Crippen molar-refractivity contribution in [2.75, 3.05) is 12.5 Å². The van der Waals surface area contributed by atoms with Gasteiger partial charge in [0.15, 0.2) is 0 Å². The van der Waals surface area contributed by atoms with Gasteiger partial charge in [0.25, 0.3) is 0 Å². The second-order valence-corrected chi connectivity index (χ2v) is 18.5. The van der Waals surface area contributed by atoms with Gasteiger partial charge in [-0.2, -0.15) is 0 Å². The highest BCUT2D eigenvalue weighted by Gasteiger charge is 2.12. The highest BCUT2D eigenvalue weighted by molar-refractivity contribution is 9.86. The van der Waals surface area contributed by atoms with Crippen molar-refractivity contribution in [3.63, 3.8) is 0 Å². The summed E-state index contributed by atoms with van der Waals surface area (Å²) in [6, 6.07) is 0. The molecule has 0 amide bonds. The minimum absolute atomic E-state index is 1.59. The Kier molecular flexibility index (Phi) is 1.53. The fourth-order valence-corrected chi connectivity index (χ4v) is 0. The summed E-state index contributed by atoms with van der Waals surface area (Å²) in [5.74, 6) is -2.47. The highest BCUT2D eigenvalue weighted by atomic mass is 79.9. The summed E-state index contributed by atoms with van der Waals surface area (Å²) in [4.78, 5) is 0. The molecule has 0 radical (unpaired) electrons. The maximum Gasteiger partial charge on any atom is 0.00992 e. The Morgan fingerprint density at radius 1 is 1.33 bits per heavy atom. The van der Waals surface area contributed by atoms with E-state index >= 15 is 0 Å². The van der Waals surface area contributed by atoms with Crippen molar-refractivity contribution < 1.29 is 4.21 Å². The van der Waals surface area contributed by atoms with Gasteiger partial charge in [0.05, 0.1) is 0 Å². The summed E-state index contributed by atoms with van der Waals surface area (Å²) in [7, 11) is 0. The van der Waals surface area contributed by atoms with E-state index in [2.05, 4.69) is 29.6 Å². The van der Waals surface area contributed by atoms with Gasteiger partial charge in [-0.1, -0.05) is 0 Å². The molecule has 0 aromatic carbocycles. The topological polar surface area (TPSA) is 17.1 Å². The lowest BCUT2D eigenvalue weighted by molar-refractivity contribution is 0.686. The summed E-state index contributed by atoms with van der Waals surface area (Å²) in [5.41, 5.74) is 0. The van der Waals surface area contributed by atoms with Crippen LogP contribution >= 0.6 is 29.6 Å². The van der Waals surface area contributed by atoms with E-state index in [0.717, 1.165) is 0 Å². The van der Waals surface area contributed by atoms with Crippen LogP contribution in [0.15, 0.2) is 0 Å². The molecular formula is C2H6Br2OS. The molecule has 0 aromatic rings. The molecule has 0 N–H and O–H groups in total. The maximum atomic E-state index is 10.6. The van der Waals surface area contributed by atoms with E-state index in [1.165, 1.54) is 0 Å². The van der Waals surface area contributed by atoms with Gasteiger partial charge >= 0.3 is 0 Å². The van der Waals surface area contributed by atoms with E-state index in [0.29, 0.717) is 0 Å². The van der Waals surface area contributed by atoms with Gasteiger partial charge in [-0.05, 0) is 0 Å². The average molecular weight is 238 g/mol. The second-order valence-electron chi connectivity index (χ2n) is 1.54. The quantitative estimate of drug-likeness (QED) is 0.587. The van der Waals surface area contributed by atoms with Gasteiger partial charge in [-0.3, -0.25) is 4.21 Å². The average Bonchev–Trinajstić information content (AvgIpc) is 0.650. The van der Waals surface area contributed by atoms with Crippen molar-refractivity contribution in [3.8, 4) is 0 Å². The number of halogens is 2. The van der Waals surface area contributed by atoms with Gasteiger partial charge in [-0.25, -0.2) is 0 Å². The molecule has 0 aliphatic carbocycles. The zero-order valence-electron chi connectivity index (χ0n) is 3.57. The third-order valence-electron chi connectivity index (χ3n) is 0. The number of hydrogen-bond donors (Lipinski definition) is 0. The molecule has 1 nitrogen and oxygen atoms in total. The van der Waals surface area contributed by atoms with Crippen LogP contribution in [-0.2, 0) is 5.93 Å². The Balaban J connectivity index is 4.16. The van der Waals surface area contributed by atoms with Crippen LogP contribution in [0.25, 0.3) is 0 Å². The molecule has 4 heteroatoms. The molecule has 0 spiro atoms. The SMILES string of the molecule is CS(C)(=O)(Br)Br. The van der Waals surface area contributed by atoms with Crippen LogP contribution in [0.4, 0.5) is 0 Å². The minimum atomic E-state index is -2.47. The van der Waals surface area contributed by atoms with E-state index in [-0.39, 0.29) is 0 Å². The van der Waals surface area contributed by atoms with Crippen LogP contribution < -0.4 is 0 Å². The summed E-state index contributed by atoms with van der Waals surface area (Å²) in [6.45, 7) is 0. The lowest BCUT2D eigenvalue weighted by Gasteiger charge is -2.13. The maximum absolute atomic E-state index is 10.6. The molecule has 40 valence electrons. The first kappa shape index (κ1) is 7.11. The van der Waals surface area contributed by atoms with E-state index in [1.807, 2.05) is 0 Å². The zero-order chi connectivity index (χ0) is 5.45. The van der Waals surface area contributed by atoms with Crippen molar-refractivity contribution in [2.24, 2.45) is 0 Å². The van der Waals surface area contributed by atoms with Crippen LogP contribution in [0.1, 0.15) is 0 Å². The Labute approximate surface area is 52.3 Å². The van der Waals surface area contributed by atoms with Crippen molar-refractivity contribution in [2.45, 2.75) is 0 Å². The first-order valence-electron chi connectivity index (χ1n) is 1.29. The molecule has 0 heterocycles. The molecule has 0 bridgehead atoms. The van der Waals surface area contributed by atoms with Crippen molar-refractivity contribution in [1.82, 2.24) is 0 Å². The van der Waals surface area contributed by atoms with Gasteiger partial charge in [0, 0.05) is 48.1 Å². The van der Waals surface area contributed by atoms with Crippen LogP contribution in [0.2, 0.25) is 0 Å². The van der Waals surface area contributed by atoms with E-state index in [9.17, 15) is 4.21 Å². The number of rotatable bonds is 0. The Morgan fingerprint density at radius 3 is 1.33 bits per heavy atom. The van der Waals surface area contributed by atoms with Gasteiger partial charge < -0.3 is 0 Å². The molecule has 0 aromatic heterocycles. The smallest absolute Gasteiger partial charge is 0.00992 e. The summed E-state index contributed by atoms with van der Waals surface area (Å²) in [5, 5.41) is 0. The normalized spacial score (nSPS) is 19.0. The third kappa shape index (κ3) is 70.1. The molecule has 0 unspecified atom stereocenters. The predicted octanol–water partition coefficient (Wildman–Crippen LogP) is 1.69. The van der Waals surface area contributed by atoms with Crippen LogP contribution in [0, 0.1) is 0 Å². The van der Waals surface area contributed by atoms with Crippen LogP contribution in [0.3, 0.4) is 0 Å². The molecule has 0 saturated heterocycles. The highest BCUT2D eigenvalue weighted by Crippen LogP contribution is 2.33. The second kappa shape index (κ2) is 1.29. The summed E-state index contributed by atoms with van der Waals surface area (Å²) < 4.78 is 10.6. The predicted molar refractivity (Wildman–Crippen MR) is 37.8 cm³/mol. The molecule has 0 saturated carbocycles. The van der Waals surface area contributed by atoms with E-state index in [1.54, 1.807) is 12.5 Å². The molecule has 0 atom stereocenters. The van der Waals surface area contributed by atoms with Crippen molar-refractivity contribution in [3.05, 3.63) is 0 Å². The minimum Gasteiger partial charge on any atom is -0.262 e. The fraction of sp³-hybridized carbons (Fsp3) is 1.00. The molecule has 0 fully saturated rings. The van der Waals surface area contributed by atoms with Crippen LogP contribution in [0.5, 0.6) is 0 Å². The van der Waals surface area contributed by atoms with Gasteiger partial charge in [0.1, 0.15) is 0 Å². The third-order valence-corrected chi connectivity index (χ3v) is 0. The Morgan fingerprint density at radius 2 is 1.33 bits per heavy atom.